The van der Waals surface area contributed by atoms with Crippen molar-refractivity contribution in [2.45, 2.75) is 16.0 Å². The maximum atomic E-state index is 10.9. The van der Waals surface area contributed by atoms with E-state index in [0.717, 1.165) is 4.90 Å². The molecule has 0 amide bonds. The van der Waals surface area contributed by atoms with E-state index in [0.29, 0.717) is 0 Å². The largest absolute Gasteiger partial charge is 0.298 e. The van der Waals surface area contributed by atoms with Crippen LogP contribution in [0.1, 0.15) is 6.92 Å². The van der Waals surface area contributed by atoms with Gasteiger partial charge < -0.3 is 0 Å². The number of alkyl halides is 1. The van der Waals surface area contributed by atoms with Crippen molar-refractivity contribution in [1.29, 1.82) is 0 Å². The first-order valence-corrected chi connectivity index (χ1v) is 5.36. The predicted molar refractivity (Wildman–Crippen MR) is 55.7 cm³/mol. The van der Waals surface area contributed by atoms with Crippen molar-refractivity contribution in [3.8, 4) is 0 Å². The summed E-state index contributed by atoms with van der Waals surface area (Å²) in [6.07, 6.45) is 0. The van der Waals surface area contributed by atoms with Gasteiger partial charge in [-0.1, -0.05) is 34.1 Å². The molecule has 0 aliphatic rings. The highest BCUT2D eigenvalue weighted by Crippen LogP contribution is 2.27. The molecule has 12 heavy (non-hydrogen) atoms. The van der Waals surface area contributed by atoms with E-state index in [1.165, 1.54) is 11.8 Å². The van der Waals surface area contributed by atoms with E-state index in [9.17, 15) is 4.79 Å². The van der Waals surface area contributed by atoms with Crippen molar-refractivity contribution in [2.75, 3.05) is 0 Å². The topological polar surface area (TPSA) is 17.1 Å². The van der Waals surface area contributed by atoms with Crippen LogP contribution in [0.5, 0.6) is 0 Å². The third kappa shape index (κ3) is 2.99. The lowest BCUT2D eigenvalue weighted by Crippen LogP contribution is -2.03. The molecule has 1 aromatic carbocycles. The summed E-state index contributed by atoms with van der Waals surface area (Å²) >= 11 is 4.81. The Hall–Kier alpha value is -0.280. The molecular formula is C9H9BrOS. The number of carbonyl (C=O) groups is 1. The van der Waals surface area contributed by atoms with E-state index in [2.05, 4.69) is 15.9 Å². The van der Waals surface area contributed by atoms with Gasteiger partial charge in [-0.2, -0.15) is 0 Å². The van der Waals surface area contributed by atoms with Gasteiger partial charge in [0.05, 0.1) is 0 Å². The first-order valence-electron chi connectivity index (χ1n) is 3.56. The molecule has 1 rings (SSSR count). The maximum absolute atomic E-state index is 10.9. The summed E-state index contributed by atoms with van der Waals surface area (Å²) in [5.41, 5.74) is 0. The number of hydrogen-bond donors (Lipinski definition) is 0. The number of rotatable bonds is 3. The summed E-state index contributed by atoms with van der Waals surface area (Å²) < 4.78 is -0.125. The molecule has 0 radical (unpaired) electrons. The normalized spacial score (nSPS) is 12.5. The van der Waals surface area contributed by atoms with Gasteiger partial charge in [0, 0.05) is 4.90 Å². The van der Waals surface area contributed by atoms with Gasteiger partial charge in [-0.05, 0) is 19.1 Å². The van der Waals surface area contributed by atoms with Gasteiger partial charge in [-0.15, -0.1) is 11.8 Å². The number of hydrogen-bond acceptors (Lipinski definition) is 2. The van der Waals surface area contributed by atoms with Crippen LogP contribution in [0.25, 0.3) is 0 Å². The van der Waals surface area contributed by atoms with E-state index >= 15 is 0 Å². The summed E-state index contributed by atoms with van der Waals surface area (Å²) in [6, 6.07) is 9.86. The third-order valence-corrected chi connectivity index (χ3v) is 3.59. The first-order chi connectivity index (χ1) is 5.70. The first kappa shape index (κ1) is 9.81. The fourth-order valence-corrected chi connectivity index (χ4v) is 2.07. The molecule has 0 saturated heterocycles. The van der Waals surface area contributed by atoms with Crippen LogP contribution in [-0.4, -0.2) is 9.94 Å². The second-order valence-electron chi connectivity index (χ2n) is 2.36. The average Bonchev–Trinajstić information content (AvgIpc) is 2.06. The summed E-state index contributed by atoms with van der Waals surface area (Å²) in [6.45, 7) is 1.58. The highest BCUT2D eigenvalue weighted by atomic mass is 79.9. The predicted octanol–water partition coefficient (Wildman–Crippen LogP) is 3.09. The molecule has 0 bridgehead atoms. The lowest BCUT2D eigenvalue weighted by molar-refractivity contribution is -0.115. The Morgan fingerprint density at radius 3 is 2.50 bits per heavy atom. The summed E-state index contributed by atoms with van der Waals surface area (Å²) in [5.74, 6) is 0.142. The molecule has 1 nitrogen and oxygen atoms in total. The molecular weight excluding hydrogens is 236 g/mol. The van der Waals surface area contributed by atoms with Crippen molar-refractivity contribution in [3.05, 3.63) is 30.3 Å². The zero-order valence-electron chi connectivity index (χ0n) is 6.66. The fourth-order valence-electron chi connectivity index (χ4n) is 0.702. The van der Waals surface area contributed by atoms with Crippen LogP contribution in [0.3, 0.4) is 0 Å². The van der Waals surface area contributed by atoms with Crippen molar-refractivity contribution in [2.24, 2.45) is 0 Å². The molecule has 0 N–H and O–H groups in total. The van der Waals surface area contributed by atoms with Gasteiger partial charge in [0.1, 0.15) is 4.16 Å². The van der Waals surface area contributed by atoms with Crippen LogP contribution in [0.2, 0.25) is 0 Å². The lowest BCUT2D eigenvalue weighted by atomic mass is 10.4. The van der Waals surface area contributed by atoms with E-state index in [1.807, 2.05) is 30.3 Å². The van der Waals surface area contributed by atoms with Gasteiger partial charge in [0.25, 0.3) is 0 Å². The molecule has 0 aliphatic carbocycles. The van der Waals surface area contributed by atoms with Crippen LogP contribution < -0.4 is 0 Å². The number of halogens is 1. The average molecular weight is 245 g/mol. The molecule has 64 valence electrons. The molecule has 1 aromatic rings. The van der Waals surface area contributed by atoms with Crippen molar-refractivity contribution in [3.63, 3.8) is 0 Å². The Bertz CT molecular complexity index is 260. The van der Waals surface area contributed by atoms with E-state index in [-0.39, 0.29) is 9.94 Å². The SMILES string of the molecule is CC(=O)C(Br)Sc1ccccc1. The smallest absolute Gasteiger partial charge is 0.153 e. The highest BCUT2D eigenvalue weighted by molar-refractivity contribution is 9.11. The highest BCUT2D eigenvalue weighted by Gasteiger charge is 2.09. The van der Waals surface area contributed by atoms with Crippen molar-refractivity contribution in [1.82, 2.24) is 0 Å². The summed E-state index contributed by atoms with van der Waals surface area (Å²) in [4.78, 5) is 12.0. The van der Waals surface area contributed by atoms with E-state index < -0.39 is 0 Å². The molecule has 3 heteroatoms. The Balaban J connectivity index is 2.58. The Kier molecular flexibility index (Phi) is 3.82. The zero-order chi connectivity index (χ0) is 8.97. The number of thioether (sulfide) groups is 1. The number of ketones is 1. The van der Waals surface area contributed by atoms with Crippen LogP contribution in [0.15, 0.2) is 35.2 Å². The second kappa shape index (κ2) is 4.67. The maximum Gasteiger partial charge on any atom is 0.153 e. The van der Waals surface area contributed by atoms with E-state index in [1.54, 1.807) is 6.92 Å². The minimum Gasteiger partial charge on any atom is -0.298 e. The Morgan fingerprint density at radius 2 is 2.00 bits per heavy atom. The Labute approximate surface area is 84.7 Å². The van der Waals surface area contributed by atoms with Gasteiger partial charge in [0.15, 0.2) is 5.78 Å². The molecule has 0 heterocycles. The van der Waals surface area contributed by atoms with Crippen LogP contribution >= 0.6 is 27.7 Å². The summed E-state index contributed by atoms with van der Waals surface area (Å²) in [5, 5.41) is 0. The minimum atomic E-state index is -0.125. The van der Waals surface area contributed by atoms with Crippen molar-refractivity contribution >= 4 is 33.5 Å². The monoisotopic (exact) mass is 244 g/mol. The summed E-state index contributed by atoms with van der Waals surface area (Å²) in [7, 11) is 0. The van der Waals surface area contributed by atoms with Gasteiger partial charge in [-0.3, -0.25) is 4.79 Å². The van der Waals surface area contributed by atoms with Crippen LogP contribution in [0, 0.1) is 0 Å². The number of Topliss-reactive ketones (excluding diaryl/α,β-unsaturated/α-hetero) is 1. The van der Waals surface area contributed by atoms with Crippen molar-refractivity contribution < 1.29 is 4.79 Å². The standard InChI is InChI=1S/C9H9BrOS/c1-7(11)9(10)12-8-5-3-2-4-6-8/h2-6,9H,1H3. The third-order valence-electron chi connectivity index (χ3n) is 1.30. The molecule has 0 spiro atoms. The molecule has 1 atom stereocenters. The quantitative estimate of drug-likeness (QED) is 0.601. The van der Waals surface area contributed by atoms with Gasteiger partial charge >= 0.3 is 0 Å². The van der Waals surface area contributed by atoms with Gasteiger partial charge in [0.2, 0.25) is 0 Å². The number of benzene rings is 1. The van der Waals surface area contributed by atoms with Gasteiger partial charge in [-0.25, -0.2) is 0 Å². The molecule has 0 aliphatic heterocycles. The Morgan fingerprint density at radius 1 is 1.42 bits per heavy atom. The van der Waals surface area contributed by atoms with E-state index in [4.69, 9.17) is 0 Å². The zero-order valence-corrected chi connectivity index (χ0v) is 9.06. The number of carbonyl (C=O) groups excluding carboxylic acids is 1. The molecule has 1 unspecified atom stereocenters. The van der Waals surface area contributed by atoms with Crippen LogP contribution in [0.4, 0.5) is 0 Å². The molecule has 0 saturated carbocycles. The van der Waals surface area contributed by atoms with Crippen LogP contribution in [-0.2, 0) is 4.79 Å². The minimum absolute atomic E-state index is 0.125. The second-order valence-corrected chi connectivity index (χ2v) is 5.06. The molecule has 0 fully saturated rings. The molecule has 0 aromatic heterocycles. The fraction of sp³-hybridized carbons (Fsp3) is 0.222. The lowest BCUT2D eigenvalue weighted by Gasteiger charge is -2.04.